The van der Waals surface area contributed by atoms with Crippen molar-refractivity contribution in [2.75, 3.05) is 19.0 Å². The summed E-state index contributed by atoms with van der Waals surface area (Å²) in [5.41, 5.74) is 11.7. The van der Waals surface area contributed by atoms with Crippen LogP contribution in [0, 0.1) is 11.8 Å². The van der Waals surface area contributed by atoms with Gasteiger partial charge in [0.15, 0.2) is 5.96 Å². The maximum absolute atomic E-state index is 13.0. The first-order chi connectivity index (χ1) is 14.2. The Labute approximate surface area is 179 Å². The highest BCUT2D eigenvalue weighted by Crippen LogP contribution is 2.26. The van der Waals surface area contributed by atoms with E-state index in [0.717, 1.165) is 12.8 Å². The van der Waals surface area contributed by atoms with Gasteiger partial charge in [-0.1, -0.05) is 27.2 Å². The molecule has 0 spiro atoms. The monoisotopic (exact) mass is 419 g/mol. The van der Waals surface area contributed by atoms with Crippen LogP contribution in [0.3, 0.4) is 0 Å². The van der Waals surface area contributed by atoms with Crippen LogP contribution in [0.25, 0.3) is 0 Å². The van der Waals surface area contributed by atoms with Crippen LogP contribution >= 0.6 is 0 Å². The molecule has 1 aromatic carbocycles. The van der Waals surface area contributed by atoms with Crippen LogP contribution in [-0.4, -0.2) is 37.5 Å². The third kappa shape index (κ3) is 7.93. The molecule has 1 aromatic rings. The maximum Gasteiger partial charge on any atom is 0.255 e. The number of anilines is 1. The second-order valence-corrected chi connectivity index (χ2v) is 7.63. The van der Waals surface area contributed by atoms with Gasteiger partial charge in [-0.2, -0.15) is 0 Å². The summed E-state index contributed by atoms with van der Waals surface area (Å²) >= 11 is 0. The summed E-state index contributed by atoms with van der Waals surface area (Å²) in [5.74, 6) is 0.241. The number of hydrogen-bond donors (Lipinski definition) is 4. The zero-order chi connectivity index (χ0) is 22.7. The summed E-state index contributed by atoms with van der Waals surface area (Å²) < 4.78 is 5.32. The lowest BCUT2D eigenvalue weighted by Crippen LogP contribution is -2.32. The van der Waals surface area contributed by atoms with Crippen molar-refractivity contribution in [1.29, 1.82) is 0 Å². The summed E-state index contributed by atoms with van der Waals surface area (Å²) in [5, 5.41) is 5.89. The van der Waals surface area contributed by atoms with Crippen molar-refractivity contribution >= 4 is 23.5 Å². The van der Waals surface area contributed by atoms with Crippen LogP contribution in [0.15, 0.2) is 23.2 Å². The third-order valence-electron chi connectivity index (χ3n) is 5.34. The molecule has 2 amide bonds. The van der Waals surface area contributed by atoms with Gasteiger partial charge in [0.2, 0.25) is 5.91 Å². The molecular formula is C22H37N5O3. The Morgan fingerprint density at radius 3 is 2.43 bits per heavy atom. The highest BCUT2D eigenvalue weighted by molar-refractivity contribution is 6.00. The number of nitrogens with two attached hydrogens (primary N) is 2. The lowest BCUT2D eigenvalue weighted by molar-refractivity contribution is -0.121. The summed E-state index contributed by atoms with van der Waals surface area (Å²) in [6.45, 7) is 8.55. The number of carbonyl (C=O) groups is 2. The van der Waals surface area contributed by atoms with Crippen LogP contribution < -0.4 is 26.8 Å². The number of guanidine groups is 1. The van der Waals surface area contributed by atoms with Gasteiger partial charge in [0.05, 0.1) is 12.7 Å². The van der Waals surface area contributed by atoms with Gasteiger partial charge in [0.1, 0.15) is 5.75 Å². The first kappa shape index (κ1) is 25.3. The average Bonchev–Trinajstić information content (AvgIpc) is 2.72. The molecule has 30 heavy (non-hydrogen) atoms. The zero-order valence-electron chi connectivity index (χ0n) is 18.8. The van der Waals surface area contributed by atoms with Crippen LogP contribution in [0.1, 0.15) is 63.7 Å². The summed E-state index contributed by atoms with van der Waals surface area (Å²) in [4.78, 5) is 29.6. The summed E-state index contributed by atoms with van der Waals surface area (Å²) in [6.07, 6.45) is 3.09. The first-order valence-corrected chi connectivity index (χ1v) is 10.6. The Morgan fingerprint density at radius 2 is 1.87 bits per heavy atom. The van der Waals surface area contributed by atoms with Crippen LogP contribution in [0.5, 0.6) is 5.75 Å². The highest BCUT2D eigenvalue weighted by atomic mass is 16.5. The van der Waals surface area contributed by atoms with Crippen molar-refractivity contribution < 1.29 is 14.3 Å². The molecule has 3 atom stereocenters. The molecule has 0 aliphatic carbocycles. The van der Waals surface area contributed by atoms with Gasteiger partial charge in [-0.25, -0.2) is 0 Å². The number of hydrogen-bond acceptors (Lipinski definition) is 4. The quantitative estimate of drug-likeness (QED) is 0.235. The Morgan fingerprint density at radius 1 is 1.17 bits per heavy atom. The molecular weight excluding hydrogens is 382 g/mol. The molecule has 0 heterocycles. The molecule has 0 aliphatic rings. The van der Waals surface area contributed by atoms with Crippen LogP contribution in [0.2, 0.25) is 0 Å². The lowest BCUT2D eigenvalue weighted by atomic mass is 9.87. The van der Waals surface area contributed by atoms with Crippen molar-refractivity contribution in [3.05, 3.63) is 23.8 Å². The van der Waals surface area contributed by atoms with E-state index in [-0.39, 0.29) is 35.7 Å². The standard InChI is InChI=1S/C22H37N5O3/c1-6-14(3)17(9-8-12-25-22(23)24)20(28)27-16-10-11-19(30-5)18(13-16)21(29)26-15(4)7-2/h10-11,13-15,17H,6-9,12H2,1-5H3,(H,26,29)(H,27,28)(H4,23,24,25)/t14?,15?,17-/m0/s1. The van der Waals surface area contributed by atoms with Crippen molar-refractivity contribution in [3.8, 4) is 5.75 Å². The molecule has 0 aromatic heterocycles. The van der Waals surface area contributed by atoms with Gasteiger partial charge >= 0.3 is 0 Å². The van der Waals surface area contributed by atoms with E-state index >= 15 is 0 Å². The molecule has 8 nitrogen and oxygen atoms in total. The number of carbonyl (C=O) groups excluding carboxylic acids is 2. The number of nitrogens with zero attached hydrogens (tertiary/aromatic N) is 1. The predicted molar refractivity (Wildman–Crippen MR) is 122 cm³/mol. The molecule has 168 valence electrons. The Kier molecular flexibility index (Phi) is 10.7. The third-order valence-corrected chi connectivity index (χ3v) is 5.34. The van der Waals surface area contributed by atoms with E-state index in [2.05, 4.69) is 29.5 Å². The minimum atomic E-state index is -0.229. The number of aliphatic imine (C=N–C) groups is 1. The van der Waals surface area contributed by atoms with Crippen molar-refractivity contribution in [2.24, 2.45) is 28.3 Å². The second kappa shape index (κ2) is 12.7. The number of amides is 2. The number of benzene rings is 1. The van der Waals surface area contributed by atoms with Gasteiger partial charge in [-0.3, -0.25) is 14.6 Å². The molecule has 1 rings (SSSR count). The zero-order valence-corrected chi connectivity index (χ0v) is 18.8. The van der Waals surface area contributed by atoms with Gasteiger partial charge in [-0.05, 0) is 50.3 Å². The topological polar surface area (TPSA) is 132 Å². The lowest BCUT2D eigenvalue weighted by Gasteiger charge is -2.22. The van der Waals surface area contributed by atoms with E-state index in [1.165, 1.54) is 7.11 Å². The minimum absolute atomic E-state index is 0.0421. The Hall–Kier alpha value is -2.77. The molecule has 0 fully saturated rings. The van der Waals surface area contributed by atoms with Gasteiger partial charge in [-0.15, -0.1) is 0 Å². The molecule has 0 saturated carbocycles. The minimum Gasteiger partial charge on any atom is -0.496 e. The fraction of sp³-hybridized carbons (Fsp3) is 0.591. The number of nitrogens with one attached hydrogen (secondary N) is 2. The van der Waals surface area contributed by atoms with Crippen LogP contribution in [0.4, 0.5) is 5.69 Å². The Balaban J connectivity index is 2.96. The maximum atomic E-state index is 13.0. The van der Waals surface area contributed by atoms with Gasteiger partial charge < -0.3 is 26.8 Å². The van der Waals surface area contributed by atoms with Crippen molar-refractivity contribution in [1.82, 2.24) is 5.32 Å². The molecule has 8 heteroatoms. The smallest absolute Gasteiger partial charge is 0.255 e. The SMILES string of the molecule is CCC(C)NC(=O)c1cc(NC(=O)[C@@H](CCCN=C(N)N)C(C)CC)ccc1OC. The summed E-state index contributed by atoms with van der Waals surface area (Å²) in [7, 11) is 1.52. The van der Waals surface area contributed by atoms with Crippen molar-refractivity contribution in [2.45, 2.75) is 59.4 Å². The van der Waals surface area contributed by atoms with Gasteiger partial charge in [0.25, 0.3) is 5.91 Å². The van der Waals surface area contributed by atoms with E-state index < -0.39 is 0 Å². The predicted octanol–water partition coefficient (Wildman–Crippen LogP) is 2.88. The number of ether oxygens (including phenoxy) is 1. The second-order valence-electron chi connectivity index (χ2n) is 7.63. The number of methoxy groups -OCH3 is 1. The fourth-order valence-corrected chi connectivity index (χ4v) is 3.08. The normalized spacial score (nSPS) is 13.6. The molecule has 0 aliphatic heterocycles. The molecule has 0 radical (unpaired) electrons. The fourth-order valence-electron chi connectivity index (χ4n) is 3.08. The van der Waals surface area contributed by atoms with E-state index in [1.807, 2.05) is 13.8 Å². The highest BCUT2D eigenvalue weighted by Gasteiger charge is 2.24. The van der Waals surface area contributed by atoms with E-state index in [4.69, 9.17) is 16.2 Å². The number of rotatable bonds is 12. The first-order valence-electron chi connectivity index (χ1n) is 10.6. The van der Waals surface area contributed by atoms with E-state index in [9.17, 15) is 9.59 Å². The van der Waals surface area contributed by atoms with E-state index in [0.29, 0.717) is 36.4 Å². The average molecular weight is 420 g/mol. The Bertz CT molecular complexity index is 731. The van der Waals surface area contributed by atoms with Crippen molar-refractivity contribution in [3.63, 3.8) is 0 Å². The molecule has 6 N–H and O–H groups in total. The molecule has 2 unspecified atom stereocenters. The van der Waals surface area contributed by atoms with Crippen LogP contribution in [-0.2, 0) is 4.79 Å². The van der Waals surface area contributed by atoms with Gasteiger partial charge in [0, 0.05) is 24.2 Å². The molecule has 0 saturated heterocycles. The molecule has 0 bridgehead atoms. The largest absolute Gasteiger partial charge is 0.496 e. The van der Waals surface area contributed by atoms with E-state index in [1.54, 1.807) is 18.2 Å². The summed E-state index contributed by atoms with van der Waals surface area (Å²) in [6, 6.07) is 5.13.